The molecule has 0 heterocycles. The monoisotopic (exact) mass is 383 g/mol. The van der Waals surface area contributed by atoms with Crippen molar-refractivity contribution in [1.82, 2.24) is 0 Å². The fourth-order valence-corrected chi connectivity index (χ4v) is 4.87. The third kappa shape index (κ3) is 3.80. The molecule has 2 N–H and O–H groups in total. The Morgan fingerprint density at radius 3 is 2.11 bits per heavy atom. The second-order valence-electron chi connectivity index (χ2n) is 8.00. The molecule has 0 bridgehead atoms. The lowest BCUT2D eigenvalue weighted by Crippen LogP contribution is -2.14. The van der Waals surface area contributed by atoms with Gasteiger partial charge in [0.1, 0.15) is 5.75 Å². The highest BCUT2D eigenvalue weighted by molar-refractivity contribution is 7.88. The average Bonchev–Trinajstić information content (AvgIpc) is 3.25. The quantitative estimate of drug-likeness (QED) is 0.838. The molecule has 2 aliphatic carbocycles. The van der Waals surface area contributed by atoms with Gasteiger partial charge in [-0.2, -0.15) is 0 Å². The molecular formula is C22H25NO3S. The summed E-state index contributed by atoms with van der Waals surface area (Å²) >= 11 is 0. The number of allylic oxidation sites excluding steroid dienone is 2. The molecule has 0 aromatic heterocycles. The van der Waals surface area contributed by atoms with E-state index in [1.54, 1.807) is 7.11 Å². The number of sulfonamides is 1. The highest BCUT2D eigenvalue weighted by Crippen LogP contribution is 2.63. The minimum atomic E-state index is -3.51. The Bertz CT molecular complexity index is 1020. The Hall–Kier alpha value is -2.11. The molecule has 4 nitrogen and oxygen atoms in total. The maximum Gasteiger partial charge on any atom is 0.213 e. The normalized spacial score (nSPS) is 18.2. The molecule has 0 saturated heterocycles. The molecule has 0 unspecified atom stereocenters. The van der Waals surface area contributed by atoms with E-state index in [4.69, 9.17) is 9.88 Å². The predicted molar refractivity (Wildman–Crippen MR) is 109 cm³/mol. The molecule has 142 valence electrons. The SMILES string of the molecule is COc1ccc(C2=C(c3ccc(CS(N)(=O)=O)cc3)CC3(CC3)C2)cc1C. The number of hydrogen-bond donors (Lipinski definition) is 1. The lowest BCUT2D eigenvalue weighted by atomic mass is 9.95. The Kier molecular flexibility index (Phi) is 4.40. The van der Waals surface area contributed by atoms with Gasteiger partial charge in [0.2, 0.25) is 10.0 Å². The molecule has 1 spiro atoms. The van der Waals surface area contributed by atoms with E-state index in [1.165, 1.54) is 35.1 Å². The first kappa shape index (κ1) is 18.3. The van der Waals surface area contributed by atoms with E-state index in [0.717, 1.165) is 29.7 Å². The number of benzene rings is 2. The summed E-state index contributed by atoms with van der Waals surface area (Å²) in [5.74, 6) is 0.785. The van der Waals surface area contributed by atoms with E-state index in [2.05, 4.69) is 19.1 Å². The predicted octanol–water partition coefficient (Wildman–Crippen LogP) is 4.28. The molecule has 0 aliphatic heterocycles. The molecule has 27 heavy (non-hydrogen) atoms. The van der Waals surface area contributed by atoms with Gasteiger partial charge < -0.3 is 4.74 Å². The standard InChI is InChI=1S/C22H25NO3S/c1-15-11-18(7-8-21(15)26-2)20-13-22(9-10-22)12-19(20)17-5-3-16(4-6-17)14-27(23,24)25/h3-8,11H,9-10,12-14H2,1-2H3,(H2,23,24,25). The van der Waals surface area contributed by atoms with Crippen molar-refractivity contribution in [2.24, 2.45) is 10.6 Å². The van der Waals surface area contributed by atoms with Gasteiger partial charge in [0.25, 0.3) is 0 Å². The van der Waals surface area contributed by atoms with Crippen LogP contribution in [-0.4, -0.2) is 15.5 Å². The van der Waals surface area contributed by atoms with Gasteiger partial charge in [0.15, 0.2) is 0 Å². The number of rotatable bonds is 5. The van der Waals surface area contributed by atoms with Crippen LogP contribution >= 0.6 is 0 Å². The average molecular weight is 384 g/mol. The van der Waals surface area contributed by atoms with Crippen LogP contribution in [0.2, 0.25) is 0 Å². The number of primary sulfonamides is 1. The van der Waals surface area contributed by atoms with Crippen LogP contribution in [0.5, 0.6) is 5.75 Å². The summed E-state index contributed by atoms with van der Waals surface area (Å²) in [5, 5.41) is 5.16. The molecule has 0 radical (unpaired) electrons. The minimum Gasteiger partial charge on any atom is -0.496 e. The van der Waals surface area contributed by atoms with Gasteiger partial charge in [-0.25, -0.2) is 13.6 Å². The van der Waals surface area contributed by atoms with Crippen LogP contribution in [-0.2, 0) is 15.8 Å². The van der Waals surface area contributed by atoms with E-state index in [-0.39, 0.29) is 5.75 Å². The summed E-state index contributed by atoms with van der Waals surface area (Å²) in [4.78, 5) is 0. The summed E-state index contributed by atoms with van der Waals surface area (Å²) in [7, 11) is -1.81. The zero-order valence-electron chi connectivity index (χ0n) is 15.8. The van der Waals surface area contributed by atoms with Crippen molar-refractivity contribution in [2.75, 3.05) is 7.11 Å². The van der Waals surface area contributed by atoms with Gasteiger partial charge in [0, 0.05) is 0 Å². The first-order chi connectivity index (χ1) is 12.8. The van der Waals surface area contributed by atoms with E-state index in [0.29, 0.717) is 5.41 Å². The molecule has 2 aliphatic rings. The Labute approximate surface area is 161 Å². The largest absolute Gasteiger partial charge is 0.496 e. The zero-order chi connectivity index (χ0) is 19.2. The van der Waals surface area contributed by atoms with Crippen molar-refractivity contribution in [3.8, 4) is 5.75 Å². The van der Waals surface area contributed by atoms with Crippen molar-refractivity contribution in [3.63, 3.8) is 0 Å². The smallest absolute Gasteiger partial charge is 0.213 e. The van der Waals surface area contributed by atoms with Crippen molar-refractivity contribution >= 4 is 21.2 Å². The van der Waals surface area contributed by atoms with E-state index in [1.807, 2.05) is 30.3 Å². The van der Waals surface area contributed by atoms with Gasteiger partial charge in [0.05, 0.1) is 12.9 Å². The highest BCUT2D eigenvalue weighted by atomic mass is 32.2. The van der Waals surface area contributed by atoms with E-state index in [9.17, 15) is 8.42 Å². The van der Waals surface area contributed by atoms with Crippen LogP contribution in [0.15, 0.2) is 42.5 Å². The molecular weight excluding hydrogens is 358 g/mol. The fourth-order valence-electron chi connectivity index (χ4n) is 4.21. The maximum atomic E-state index is 11.3. The van der Waals surface area contributed by atoms with Crippen LogP contribution in [0.3, 0.4) is 0 Å². The Morgan fingerprint density at radius 2 is 1.59 bits per heavy atom. The topological polar surface area (TPSA) is 69.4 Å². The summed E-state index contributed by atoms with van der Waals surface area (Å²) < 4.78 is 28.0. The summed E-state index contributed by atoms with van der Waals surface area (Å²) in [5.41, 5.74) is 7.56. The Balaban J connectivity index is 1.71. The van der Waals surface area contributed by atoms with Crippen molar-refractivity contribution in [1.29, 1.82) is 0 Å². The van der Waals surface area contributed by atoms with Gasteiger partial charge >= 0.3 is 0 Å². The van der Waals surface area contributed by atoms with Crippen LogP contribution in [0.25, 0.3) is 11.1 Å². The lowest BCUT2D eigenvalue weighted by Gasteiger charge is -2.12. The number of ether oxygens (including phenoxy) is 1. The number of aryl methyl sites for hydroxylation is 1. The van der Waals surface area contributed by atoms with Gasteiger partial charge in [-0.1, -0.05) is 30.3 Å². The van der Waals surface area contributed by atoms with Crippen molar-refractivity contribution in [3.05, 3.63) is 64.7 Å². The van der Waals surface area contributed by atoms with Crippen LogP contribution in [0.1, 0.15) is 47.9 Å². The van der Waals surface area contributed by atoms with E-state index < -0.39 is 10.0 Å². The molecule has 1 fully saturated rings. The molecule has 4 rings (SSSR count). The van der Waals surface area contributed by atoms with E-state index >= 15 is 0 Å². The lowest BCUT2D eigenvalue weighted by molar-refractivity contribution is 0.411. The highest BCUT2D eigenvalue weighted by Gasteiger charge is 2.48. The van der Waals surface area contributed by atoms with Crippen LogP contribution < -0.4 is 9.88 Å². The first-order valence-electron chi connectivity index (χ1n) is 9.25. The first-order valence-corrected chi connectivity index (χ1v) is 11.0. The number of hydrogen-bond acceptors (Lipinski definition) is 3. The molecule has 2 aromatic carbocycles. The van der Waals surface area contributed by atoms with Crippen LogP contribution in [0.4, 0.5) is 0 Å². The molecule has 5 heteroatoms. The molecule has 0 atom stereocenters. The van der Waals surface area contributed by atoms with Gasteiger partial charge in [-0.15, -0.1) is 0 Å². The van der Waals surface area contributed by atoms with Crippen LogP contribution in [0, 0.1) is 12.3 Å². The molecule has 2 aromatic rings. The van der Waals surface area contributed by atoms with Crippen molar-refractivity contribution < 1.29 is 13.2 Å². The van der Waals surface area contributed by atoms with Gasteiger partial charge in [-0.05, 0) is 83.6 Å². The summed E-state index contributed by atoms with van der Waals surface area (Å²) in [6, 6.07) is 14.2. The zero-order valence-corrected chi connectivity index (χ0v) is 16.6. The number of methoxy groups -OCH3 is 1. The summed E-state index contributed by atoms with van der Waals surface area (Å²) in [6.45, 7) is 2.08. The maximum absolute atomic E-state index is 11.3. The summed E-state index contributed by atoms with van der Waals surface area (Å²) in [6.07, 6.45) is 4.80. The fraction of sp³-hybridized carbons (Fsp3) is 0.364. The second kappa shape index (κ2) is 6.50. The second-order valence-corrected chi connectivity index (χ2v) is 9.61. The molecule has 1 saturated carbocycles. The third-order valence-electron chi connectivity index (χ3n) is 5.84. The number of nitrogens with two attached hydrogens (primary N) is 1. The third-order valence-corrected chi connectivity index (χ3v) is 6.57. The minimum absolute atomic E-state index is 0.124. The Morgan fingerprint density at radius 1 is 1.00 bits per heavy atom. The van der Waals surface area contributed by atoms with Gasteiger partial charge in [-0.3, -0.25) is 0 Å². The molecule has 0 amide bonds. The van der Waals surface area contributed by atoms with Crippen molar-refractivity contribution in [2.45, 2.75) is 38.4 Å².